The van der Waals surface area contributed by atoms with Crippen molar-refractivity contribution in [2.75, 3.05) is 24.3 Å². The van der Waals surface area contributed by atoms with Crippen LogP contribution in [0.2, 0.25) is 5.28 Å². The first-order valence-corrected chi connectivity index (χ1v) is 8.74. The molecule has 128 valence electrons. The smallest absolute Gasteiger partial charge is 0.234 e. The number of hydrogen-bond donors (Lipinski definition) is 2. The summed E-state index contributed by atoms with van der Waals surface area (Å²) in [6, 6.07) is 5.28. The van der Waals surface area contributed by atoms with Gasteiger partial charge in [0.2, 0.25) is 11.2 Å². The van der Waals surface area contributed by atoms with Crippen LogP contribution < -0.4 is 14.8 Å². The first-order chi connectivity index (χ1) is 12.2. The predicted octanol–water partition coefficient (Wildman–Crippen LogP) is 2.51. The highest BCUT2D eigenvalue weighted by Gasteiger charge is 2.14. The van der Waals surface area contributed by atoms with Crippen molar-refractivity contribution in [1.82, 2.24) is 19.9 Å². The van der Waals surface area contributed by atoms with Crippen LogP contribution in [0.15, 0.2) is 29.6 Å². The number of carbonyl (C=O) groups is 1. The van der Waals surface area contributed by atoms with Crippen molar-refractivity contribution in [2.45, 2.75) is 5.03 Å². The van der Waals surface area contributed by atoms with Gasteiger partial charge in [-0.25, -0.2) is 9.97 Å². The van der Waals surface area contributed by atoms with Gasteiger partial charge in [-0.05, 0) is 23.7 Å². The summed E-state index contributed by atoms with van der Waals surface area (Å²) in [6.07, 6.45) is 1.51. The van der Waals surface area contributed by atoms with E-state index in [1.807, 2.05) is 0 Å². The molecule has 25 heavy (non-hydrogen) atoms. The molecule has 8 nitrogen and oxygen atoms in total. The maximum absolute atomic E-state index is 12.2. The average Bonchev–Trinajstić information content (AvgIpc) is 3.08. The monoisotopic (exact) mass is 377 g/mol. The van der Waals surface area contributed by atoms with Crippen LogP contribution >= 0.6 is 23.4 Å². The van der Waals surface area contributed by atoms with Crippen molar-refractivity contribution in [3.8, 4) is 11.5 Å². The third-order valence-electron chi connectivity index (χ3n) is 3.39. The Morgan fingerprint density at radius 2 is 2.12 bits per heavy atom. The van der Waals surface area contributed by atoms with Crippen LogP contribution in [0.25, 0.3) is 11.2 Å². The molecule has 0 radical (unpaired) electrons. The predicted molar refractivity (Wildman–Crippen MR) is 93.5 cm³/mol. The maximum atomic E-state index is 12.2. The van der Waals surface area contributed by atoms with E-state index in [4.69, 9.17) is 21.1 Å². The standard InChI is InChI=1S/C15H12ClN5O3S/c16-15-20-13-12(17-7-18-13)14(21-15)25-6-11(22)19-8-1-2-9-10(5-8)24-4-3-23-9/h1-2,5,7H,3-4,6H2,(H,19,22)(H,17,18,20,21). The second-order valence-corrected chi connectivity index (χ2v) is 6.40. The second kappa shape index (κ2) is 6.77. The van der Waals surface area contributed by atoms with E-state index in [0.717, 1.165) is 0 Å². The number of aromatic amines is 1. The number of H-pyrrole nitrogens is 1. The Morgan fingerprint density at radius 1 is 1.28 bits per heavy atom. The quantitative estimate of drug-likeness (QED) is 0.409. The van der Waals surface area contributed by atoms with Crippen LogP contribution in [0.3, 0.4) is 0 Å². The van der Waals surface area contributed by atoms with Crippen LogP contribution in [-0.2, 0) is 4.79 Å². The van der Waals surface area contributed by atoms with Gasteiger partial charge in [0.05, 0.1) is 12.1 Å². The van der Waals surface area contributed by atoms with Crippen molar-refractivity contribution in [3.63, 3.8) is 0 Å². The van der Waals surface area contributed by atoms with Gasteiger partial charge in [0.1, 0.15) is 23.8 Å². The summed E-state index contributed by atoms with van der Waals surface area (Å²) in [7, 11) is 0. The lowest BCUT2D eigenvalue weighted by Gasteiger charge is -2.19. The zero-order chi connectivity index (χ0) is 17.2. The number of anilines is 1. The number of amides is 1. The zero-order valence-corrected chi connectivity index (χ0v) is 14.4. The number of hydrogen-bond acceptors (Lipinski definition) is 7. The van der Waals surface area contributed by atoms with Gasteiger partial charge in [-0.2, -0.15) is 4.98 Å². The van der Waals surface area contributed by atoms with Crippen LogP contribution in [0.5, 0.6) is 11.5 Å². The number of halogens is 1. The van der Waals surface area contributed by atoms with Gasteiger partial charge in [-0.15, -0.1) is 0 Å². The fourth-order valence-corrected chi connectivity index (χ4v) is 3.34. The Kier molecular flexibility index (Phi) is 4.33. The molecule has 1 aromatic carbocycles. The minimum Gasteiger partial charge on any atom is -0.486 e. The molecule has 3 heterocycles. The van der Waals surface area contributed by atoms with E-state index in [1.165, 1.54) is 18.1 Å². The summed E-state index contributed by atoms with van der Waals surface area (Å²) in [5.74, 6) is 1.29. The van der Waals surface area contributed by atoms with Gasteiger partial charge in [0.15, 0.2) is 17.1 Å². The molecule has 2 aromatic heterocycles. The number of aromatic nitrogens is 4. The summed E-state index contributed by atoms with van der Waals surface area (Å²) in [5.41, 5.74) is 1.76. The van der Waals surface area contributed by atoms with E-state index < -0.39 is 0 Å². The molecule has 0 spiro atoms. The minimum atomic E-state index is -0.177. The summed E-state index contributed by atoms with van der Waals surface area (Å²) in [4.78, 5) is 27.3. The Labute approximate surface area is 151 Å². The average molecular weight is 378 g/mol. The number of imidazole rings is 1. The van der Waals surface area contributed by atoms with Gasteiger partial charge in [-0.1, -0.05) is 11.8 Å². The van der Waals surface area contributed by atoms with Gasteiger partial charge >= 0.3 is 0 Å². The Hall–Kier alpha value is -2.52. The van der Waals surface area contributed by atoms with Crippen molar-refractivity contribution >= 4 is 46.1 Å². The van der Waals surface area contributed by atoms with Crippen LogP contribution in [0.1, 0.15) is 0 Å². The van der Waals surface area contributed by atoms with E-state index in [0.29, 0.717) is 46.6 Å². The topological polar surface area (TPSA) is 102 Å². The van der Waals surface area contributed by atoms with E-state index >= 15 is 0 Å². The van der Waals surface area contributed by atoms with E-state index in [1.54, 1.807) is 18.2 Å². The molecule has 0 bridgehead atoms. The molecule has 0 aliphatic carbocycles. The normalized spacial score (nSPS) is 13.0. The molecular weight excluding hydrogens is 366 g/mol. The summed E-state index contributed by atoms with van der Waals surface area (Å²) in [6.45, 7) is 1.02. The van der Waals surface area contributed by atoms with Gasteiger partial charge < -0.3 is 19.8 Å². The molecule has 2 N–H and O–H groups in total. The number of rotatable bonds is 4. The highest BCUT2D eigenvalue weighted by molar-refractivity contribution is 8.00. The van der Waals surface area contributed by atoms with Crippen molar-refractivity contribution in [1.29, 1.82) is 0 Å². The summed E-state index contributed by atoms with van der Waals surface area (Å²) < 4.78 is 11.0. The molecule has 4 rings (SSSR count). The largest absolute Gasteiger partial charge is 0.486 e. The van der Waals surface area contributed by atoms with E-state index in [9.17, 15) is 4.79 Å². The SMILES string of the molecule is O=C(CSc1nc(Cl)nc2nc[nH]c12)Nc1ccc2c(c1)OCCO2. The maximum Gasteiger partial charge on any atom is 0.234 e. The molecule has 3 aromatic rings. The van der Waals surface area contributed by atoms with E-state index in [-0.39, 0.29) is 16.9 Å². The van der Waals surface area contributed by atoms with Gasteiger partial charge in [-0.3, -0.25) is 4.79 Å². The number of nitrogens with one attached hydrogen (secondary N) is 2. The number of ether oxygens (including phenoxy) is 2. The molecule has 1 aliphatic rings. The minimum absolute atomic E-state index is 0.0920. The van der Waals surface area contributed by atoms with Crippen LogP contribution in [0, 0.1) is 0 Å². The number of benzene rings is 1. The van der Waals surface area contributed by atoms with Gasteiger partial charge in [0, 0.05) is 11.8 Å². The Morgan fingerprint density at radius 3 is 3.00 bits per heavy atom. The molecule has 1 amide bonds. The van der Waals surface area contributed by atoms with Crippen LogP contribution in [-0.4, -0.2) is 44.8 Å². The first-order valence-electron chi connectivity index (χ1n) is 7.38. The first kappa shape index (κ1) is 16.0. The van der Waals surface area contributed by atoms with Gasteiger partial charge in [0.25, 0.3) is 0 Å². The third kappa shape index (κ3) is 3.47. The summed E-state index contributed by atoms with van der Waals surface area (Å²) >= 11 is 7.13. The lowest BCUT2D eigenvalue weighted by atomic mass is 10.2. The highest BCUT2D eigenvalue weighted by atomic mass is 35.5. The molecule has 10 heteroatoms. The number of fused-ring (bicyclic) bond motifs is 2. The fraction of sp³-hybridized carbons (Fsp3) is 0.200. The number of thioether (sulfide) groups is 1. The second-order valence-electron chi connectivity index (χ2n) is 5.09. The number of nitrogens with zero attached hydrogens (tertiary/aromatic N) is 3. The van der Waals surface area contributed by atoms with Crippen molar-refractivity contribution in [2.24, 2.45) is 0 Å². The lowest BCUT2D eigenvalue weighted by molar-refractivity contribution is -0.113. The van der Waals surface area contributed by atoms with E-state index in [2.05, 4.69) is 25.3 Å². The molecule has 0 fully saturated rings. The zero-order valence-electron chi connectivity index (χ0n) is 12.8. The molecule has 0 unspecified atom stereocenters. The summed E-state index contributed by atoms with van der Waals surface area (Å²) in [5, 5.41) is 3.49. The number of carbonyl (C=O) groups excluding carboxylic acids is 1. The fourth-order valence-electron chi connectivity index (χ4n) is 2.34. The highest BCUT2D eigenvalue weighted by Crippen LogP contribution is 2.32. The molecule has 0 saturated heterocycles. The van der Waals surface area contributed by atoms with Crippen LogP contribution in [0.4, 0.5) is 5.69 Å². The lowest BCUT2D eigenvalue weighted by Crippen LogP contribution is -2.17. The van der Waals surface area contributed by atoms with Crippen molar-refractivity contribution in [3.05, 3.63) is 29.8 Å². The van der Waals surface area contributed by atoms with Crippen molar-refractivity contribution < 1.29 is 14.3 Å². The third-order valence-corrected chi connectivity index (χ3v) is 4.54. The molecular formula is C15H12ClN5O3S. The molecule has 0 atom stereocenters. The molecule has 0 saturated carbocycles. The Balaban J connectivity index is 1.43. The molecule has 1 aliphatic heterocycles. The Bertz CT molecular complexity index is 948.